The maximum atomic E-state index is 12.8. The summed E-state index contributed by atoms with van der Waals surface area (Å²) in [5.41, 5.74) is 4.45. The topological polar surface area (TPSA) is 82.2 Å². The summed E-state index contributed by atoms with van der Waals surface area (Å²) in [6, 6.07) is 0. The van der Waals surface area contributed by atoms with Crippen molar-refractivity contribution < 1.29 is 14.1 Å². The number of aromatic nitrogens is 3. The van der Waals surface area contributed by atoms with Crippen LogP contribution in [0.1, 0.15) is 78.1 Å². The van der Waals surface area contributed by atoms with Crippen LogP contribution in [-0.4, -0.2) is 26.9 Å². The zero-order valence-electron chi connectivity index (χ0n) is 14.9. The van der Waals surface area contributed by atoms with Gasteiger partial charge in [-0.3, -0.25) is 9.48 Å². The van der Waals surface area contributed by atoms with Crippen molar-refractivity contribution in [2.24, 2.45) is 7.05 Å². The second-order valence-electron chi connectivity index (χ2n) is 7.16. The molecule has 2 aromatic rings. The summed E-state index contributed by atoms with van der Waals surface area (Å²) in [7, 11) is 1.81. The van der Waals surface area contributed by atoms with E-state index < -0.39 is 0 Å². The van der Waals surface area contributed by atoms with Crippen LogP contribution in [-0.2, 0) is 24.8 Å². The summed E-state index contributed by atoms with van der Waals surface area (Å²) < 4.78 is 12.6. The minimum absolute atomic E-state index is 0.0848. The molecular formula is C18H24N4O3. The Balaban J connectivity index is 1.52. The van der Waals surface area contributed by atoms with Crippen LogP contribution in [0.25, 0.3) is 0 Å². The van der Waals surface area contributed by atoms with E-state index in [-0.39, 0.29) is 18.1 Å². The molecule has 134 valence electrons. The van der Waals surface area contributed by atoms with E-state index in [2.05, 4.69) is 15.6 Å². The van der Waals surface area contributed by atoms with E-state index in [9.17, 15) is 4.79 Å². The van der Waals surface area contributed by atoms with Gasteiger partial charge in [-0.25, -0.2) is 0 Å². The van der Waals surface area contributed by atoms with Gasteiger partial charge in [-0.05, 0) is 26.7 Å². The summed E-state index contributed by atoms with van der Waals surface area (Å²) in [6.07, 6.45) is 5.89. The van der Waals surface area contributed by atoms with Crippen LogP contribution < -0.4 is 5.32 Å². The lowest BCUT2D eigenvalue weighted by Crippen LogP contribution is -2.29. The molecule has 0 bridgehead atoms. The number of amides is 1. The van der Waals surface area contributed by atoms with Gasteiger partial charge in [0.1, 0.15) is 12.0 Å². The van der Waals surface area contributed by atoms with Gasteiger partial charge in [0.05, 0.1) is 23.6 Å². The van der Waals surface area contributed by atoms with Crippen molar-refractivity contribution in [2.45, 2.75) is 64.2 Å². The summed E-state index contributed by atoms with van der Waals surface area (Å²) >= 11 is 0. The molecule has 1 amide bonds. The smallest absolute Gasteiger partial charge is 0.270 e. The van der Waals surface area contributed by atoms with Crippen molar-refractivity contribution in [3.63, 3.8) is 0 Å². The third-order valence-electron chi connectivity index (χ3n) is 5.31. The Labute approximate surface area is 146 Å². The molecule has 2 aromatic heterocycles. The van der Waals surface area contributed by atoms with Gasteiger partial charge in [-0.1, -0.05) is 11.6 Å². The molecule has 2 aliphatic rings. The number of ether oxygens (including phenoxy) is 1. The molecule has 1 saturated carbocycles. The molecule has 3 heterocycles. The molecule has 1 aliphatic carbocycles. The average Bonchev–Trinajstić information content (AvgIpc) is 3.07. The third-order valence-corrected chi connectivity index (χ3v) is 5.31. The maximum Gasteiger partial charge on any atom is 0.270 e. The third kappa shape index (κ3) is 2.86. The normalized spacial score (nSPS) is 23.2. The first-order valence-corrected chi connectivity index (χ1v) is 8.97. The van der Waals surface area contributed by atoms with Gasteiger partial charge in [0.25, 0.3) is 5.91 Å². The van der Waals surface area contributed by atoms with Gasteiger partial charge < -0.3 is 14.6 Å². The number of carbonyl (C=O) groups is 1. The summed E-state index contributed by atoms with van der Waals surface area (Å²) in [4.78, 5) is 12.8. The standard InChI is InChI=1S/C18H24N4O3/c1-10-7-14-15(11(2)25-10)20-22(3)17(14)18(23)19-8-13-9-24-21-16(13)12-5-4-6-12/h9-12H,4-8H2,1-3H3,(H,19,23)/t10-,11+/m1/s1. The SMILES string of the molecule is C[C@@H]1Cc2c(nn(C)c2C(=O)NCc2conc2C2CCC2)[C@H](C)O1. The van der Waals surface area contributed by atoms with Gasteiger partial charge >= 0.3 is 0 Å². The van der Waals surface area contributed by atoms with E-state index in [1.807, 2.05) is 20.9 Å². The molecule has 0 unspecified atom stereocenters. The molecule has 1 N–H and O–H groups in total. The van der Waals surface area contributed by atoms with E-state index in [0.717, 1.165) is 35.4 Å². The molecule has 0 saturated heterocycles. The first kappa shape index (κ1) is 16.3. The van der Waals surface area contributed by atoms with Crippen molar-refractivity contribution in [3.8, 4) is 0 Å². The van der Waals surface area contributed by atoms with E-state index >= 15 is 0 Å². The van der Waals surface area contributed by atoms with Crippen LogP contribution in [0.3, 0.4) is 0 Å². The van der Waals surface area contributed by atoms with Crippen molar-refractivity contribution >= 4 is 5.91 Å². The van der Waals surface area contributed by atoms with Crippen LogP contribution in [0.2, 0.25) is 0 Å². The molecule has 4 rings (SSSR count). The lowest BCUT2D eigenvalue weighted by molar-refractivity contribution is -0.00710. The van der Waals surface area contributed by atoms with E-state index in [1.54, 1.807) is 10.9 Å². The lowest BCUT2D eigenvalue weighted by Gasteiger charge is -2.25. The van der Waals surface area contributed by atoms with Gasteiger partial charge in [-0.15, -0.1) is 0 Å². The Bertz CT molecular complexity index is 790. The zero-order valence-corrected chi connectivity index (χ0v) is 14.9. The van der Waals surface area contributed by atoms with Crippen LogP contribution in [0.5, 0.6) is 0 Å². The second kappa shape index (κ2) is 6.29. The maximum absolute atomic E-state index is 12.8. The highest BCUT2D eigenvalue weighted by atomic mass is 16.5. The molecule has 1 fully saturated rings. The quantitative estimate of drug-likeness (QED) is 0.922. The highest BCUT2D eigenvalue weighted by molar-refractivity contribution is 5.94. The summed E-state index contributed by atoms with van der Waals surface area (Å²) in [6.45, 7) is 4.43. The molecule has 0 radical (unpaired) electrons. The highest BCUT2D eigenvalue weighted by Crippen LogP contribution is 2.37. The predicted octanol–water partition coefficient (Wildman–Crippen LogP) is 2.63. The number of nitrogens with zero attached hydrogens (tertiary/aromatic N) is 3. The Morgan fingerprint density at radius 1 is 1.36 bits per heavy atom. The molecule has 1 aliphatic heterocycles. The Morgan fingerprint density at radius 3 is 2.88 bits per heavy atom. The van der Waals surface area contributed by atoms with Gasteiger partial charge in [0, 0.05) is 37.1 Å². The minimum atomic E-state index is -0.113. The van der Waals surface area contributed by atoms with Crippen molar-refractivity contribution in [2.75, 3.05) is 0 Å². The number of nitrogens with one attached hydrogen (secondary N) is 1. The fourth-order valence-electron chi connectivity index (χ4n) is 3.82. The van der Waals surface area contributed by atoms with Gasteiger partial charge in [0.15, 0.2) is 0 Å². The largest absolute Gasteiger partial charge is 0.369 e. The highest BCUT2D eigenvalue weighted by Gasteiger charge is 2.31. The monoisotopic (exact) mass is 344 g/mol. The van der Waals surface area contributed by atoms with E-state index in [4.69, 9.17) is 9.26 Å². The fourth-order valence-corrected chi connectivity index (χ4v) is 3.82. The fraction of sp³-hybridized carbons (Fsp3) is 0.611. The predicted molar refractivity (Wildman–Crippen MR) is 90.1 cm³/mol. The van der Waals surface area contributed by atoms with Crippen LogP contribution in [0, 0.1) is 0 Å². The average molecular weight is 344 g/mol. The molecule has 7 nitrogen and oxygen atoms in total. The summed E-state index contributed by atoms with van der Waals surface area (Å²) in [5.74, 6) is 0.368. The van der Waals surface area contributed by atoms with Gasteiger partial charge in [-0.2, -0.15) is 5.10 Å². The molecule has 0 spiro atoms. The number of carbonyl (C=O) groups excluding carboxylic acids is 1. The first-order chi connectivity index (χ1) is 12.0. The number of hydrogen-bond donors (Lipinski definition) is 1. The Kier molecular flexibility index (Phi) is 4.11. The first-order valence-electron chi connectivity index (χ1n) is 8.97. The molecule has 25 heavy (non-hydrogen) atoms. The number of hydrogen-bond acceptors (Lipinski definition) is 5. The van der Waals surface area contributed by atoms with E-state index in [1.165, 1.54) is 6.42 Å². The summed E-state index contributed by atoms with van der Waals surface area (Å²) in [5, 5.41) is 11.6. The molecular weight excluding hydrogens is 320 g/mol. The van der Waals surface area contributed by atoms with Crippen LogP contribution in [0.4, 0.5) is 0 Å². The van der Waals surface area contributed by atoms with Crippen LogP contribution >= 0.6 is 0 Å². The molecule has 7 heteroatoms. The Hall–Kier alpha value is -2.15. The zero-order chi connectivity index (χ0) is 17.6. The minimum Gasteiger partial charge on any atom is -0.369 e. The van der Waals surface area contributed by atoms with Crippen molar-refractivity contribution in [1.29, 1.82) is 0 Å². The van der Waals surface area contributed by atoms with Crippen LogP contribution in [0.15, 0.2) is 10.8 Å². The number of fused-ring (bicyclic) bond motifs is 1. The van der Waals surface area contributed by atoms with Crippen molar-refractivity contribution in [3.05, 3.63) is 34.5 Å². The van der Waals surface area contributed by atoms with E-state index in [0.29, 0.717) is 24.6 Å². The van der Waals surface area contributed by atoms with Gasteiger partial charge in [0.2, 0.25) is 0 Å². The van der Waals surface area contributed by atoms with Crippen molar-refractivity contribution in [1.82, 2.24) is 20.3 Å². The molecule has 2 atom stereocenters. The lowest BCUT2D eigenvalue weighted by atomic mass is 9.81. The number of rotatable bonds is 4. The Morgan fingerprint density at radius 2 is 2.16 bits per heavy atom. The second-order valence-corrected chi connectivity index (χ2v) is 7.16. The number of aryl methyl sites for hydroxylation is 1. The molecule has 0 aromatic carbocycles.